The molecule has 2 rings (SSSR count). The SMILES string of the molecule is CNc1ncnc(NCC(C)N(C)C2CC2)c1C(C)C. The van der Waals surface area contributed by atoms with Crippen LogP contribution in [0, 0.1) is 0 Å². The summed E-state index contributed by atoms with van der Waals surface area (Å²) in [5.74, 6) is 2.26. The number of nitrogens with zero attached hydrogens (tertiary/aromatic N) is 3. The molecule has 0 aliphatic heterocycles. The van der Waals surface area contributed by atoms with Crippen LogP contribution in [0.2, 0.25) is 0 Å². The Hall–Kier alpha value is -1.36. The Morgan fingerprint density at radius 1 is 1.25 bits per heavy atom. The van der Waals surface area contributed by atoms with Crippen molar-refractivity contribution < 1.29 is 0 Å². The molecule has 0 bridgehead atoms. The van der Waals surface area contributed by atoms with Crippen LogP contribution in [-0.2, 0) is 0 Å². The van der Waals surface area contributed by atoms with Crippen LogP contribution in [0.15, 0.2) is 6.33 Å². The summed E-state index contributed by atoms with van der Waals surface area (Å²) >= 11 is 0. The smallest absolute Gasteiger partial charge is 0.135 e. The molecule has 1 aromatic heterocycles. The van der Waals surface area contributed by atoms with Gasteiger partial charge in [0.15, 0.2) is 0 Å². The first-order valence-electron chi connectivity index (χ1n) is 7.53. The normalized spacial score (nSPS) is 16.6. The highest BCUT2D eigenvalue weighted by atomic mass is 15.2. The van der Waals surface area contributed by atoms with Gasteiger partial charge in [0.1, 0.15) is 18.0 Å². The van der Waals surface area contributed by atoms with Gasteiger partial charge in [-0.1, -0.05) is 13.8 Å². The molecule has 1 heterocycles. The zero-order chi connectivity index (χ0) is 14.7. The van der Waals surface area contributed by atoms with Crippen LogP contribution in [0.3, 0.4) is 0 Å². The van der Waals surface area contributed by atoms with E-state index in [9.17, 15) is 0 Å². The highest BCUT2D eigenvalue weighted by molar-refractivity contribution is 5.58. The lowest BCUT2D eigenvalue weighted by Gasteiger charge is -2.25. The molecule has 1 fully saturated rings. The maximum atomic E-state index is 4.42. The summed E-state index contributed by atoms with van der Waals surface area (Å²) in [4.78, 5) is 11.2. The molecule has 0 radical (unpaired) electrons. The second-order valence-electron chi connectivity index (χ2n) is 6.02. The fourth-order valence-corrected chi connectivity index (χ4v) is 2.51. The average molecular weight is 277 g/mol. The standard InChI is InChI=1S/C15H27N5/c1-10(2)13-14(16-4)18-9-19-15(13)17-8-11(3)20(5)12-6-7-12/h9-12H,6-8H2,1-5H3,(H2,16,17,18,19). The Kier molecular flexibility index (Phi) is 4.81. The summed E-state index contributed by atoms with van der Waals surface area (Å²) in [5.41, 5.74) is 1.16. The largest absolute Gasteiger partial charge is 0.373 e. The van der Waals surface area contributed by atoms with Crippen molar-refractivity contribution in [2.24, 2.45) is 0 Å². The maximum Gasteiger partial charge on any atom is 0.135 e. The van der Waals surface area contributed by atoms with Gasteiger partial charge >= 0.3 is 0 Å². The molecule has 1 unspecified atom stereocenters. The molecule has 0 amide bonds. The van der Waals surface area contributed by atoms with Gasteiger partial charge in [-0.2, -0.15) is 0 Å². The number of rotatable bonds is 7. The number of hydrogen-bond acceptors (Lipinski definition) is 5. The molecule has 5 heteroatoms. The molecule has 1 aliphatic carbocycles. The molecule has 0 saturated heterocycles. The second kappa shape index (κ2) is 6.39. The van der Waals surface area contributed by atoms with Crippen LogP contribution in [0.25, 0.3) is 0 Å². The number of anilines is 2. The number of hydrogen-bond donors (Lipinski definition) is 2. The second-order valence-corrected chi connectivity index (χ2v) is 6.02. The minimum absolute atomic E-state index is 0.387. The summed E-state index contributed by atoms with van der Waals surface area (Å²) in [5, 5.41) is 6.65. The van der Waals surface area contributed by atoms with Crippen molar-refractivity contribution in [1.82, 2.24) is 14.9 Å². The monoisotopic (exact) mass is 277 g/mol. The first kappa shape index (κ1) is 15.0. The van der Waals surface area contributed by atoms with Gasteiger partial charge in [-0.15, -0.1) is 0 Å². The number of aromatic nitrogens is 2. The lowest BCUT2D eigenvalue weighted by molar-refractivity contribution is 0.257. The zero-order valence-corrected chi connectivity index (χ0v) is 13.3. The fraction of sp³-hybridized carbons (Fsp3) is 0.733. The van der Waals surface area contributed by atoms with Crippen molar-refractivity contribution >= 4 is 11.6 Å². The van der Waals surface area contributed by atoms with Gasteiger partial charge in [-0.25, -0.2) is 9.97 Å². The molecule has 1 atom stereocenters. The number of likely N-dealkylation sites (N-methyl/N-ethyl adjacent to an activating group) is 1. The first-order chi connectivity index (χ1) is 9.54. The topological polar surface area (TPSA) is 53.1 Å². The van der Waals surface area contributed by atoms with Crippen molar-refractivity contribution in [3.8, 4) is 0 Å². The summed E-state index contributed by atoms with van der Waals surface area (Å²) in [6.45, 7) is 7.52. The minimum atomic E-state index is 0.387. The Labute approximate surface area is 122 Å². The van der Waals surface area contributed by atoms with E-state index in [1.54, 1.807) is 6.33 Å². The molecule has 20 heavy (non-hydrogen) atoms. The van der Waals surface area contributed by atoms with E-state index in [0.717, 1.165) is 29.8 Å². The maximum absolute atomic E-state index is 4.42. The van der Waals surface area contributed by atoms with Gasteiger partial charge < -0.3 is 10.6 Å². The molecule has 0 spiro atoms. The Balaban J connectivity index is 2.04. The van der Waals surface area contributed by atoms with E-state index in [1.807, 2.05) is 7.05 Å². The van der Waals surface area contributed by atoms with Crippen molar-refractivity contribution in [2.75, 3.05) is 31.3 Å². The summed E-state index contributed by atoms with van der Waals surface area (Å²) in [7, 11) is 4.12. The third-order valence-corrected chi connectivity index (χ3v) is 4.08. The van der Waals surface area contributed by atoms with Gasteiger partial charge in [-0.05, 0) is 32.7 Å². The van der Waals surface area contributed by atoms with Crippen LogP contribution in [0.4, 0.5) is 11.6 Å². The molecular formula is C15H27N5. The lowest BCUT2D eigenvalue weighted by Crippen LogP contribution is -2.36. The Bertz CT molecular complexity index is 442. The molecule has 5 nitrogen and oxygen atoms in total. The highest BCUT2D eigenvalue weighted by Gasteiger charge is 2.29. The van der Waals surface area contributed by atoms with Crippen LogP contribution < -0.4 is 10.6 Å². The molecule has 1 saturated carbocycles. The summed E-state index contributed by atoms with van der Waals surface area (Å²) < 4.78 is 0. The third-order valence-electron chi connectivity index (χ3n) is 4.08. The van der Waals surface area contributed by atoms with E-state index in [2.05, 4.69) is 53.3 Å². The zero-order valence-electron chi connectivity index (χ0n) is 13.3. The van der Waals surface area contributed by atoms with Crippen LogP contribution in [0.5, 0.6) is 0 Å². The van der Waals surface area contributed by atoms with Gasteiger partial charge in [0, 0.05) is 31.2 Å². The van der Waals surface area contributed by atoms with E-state index < -0.39 is 0 Å². The Morgan fingerprint density at radius 3 is 2.45 bits per heavy atom. The fourth-order valence-electron chi connectivity index (χ4n) is 2.51. The van der Waals surface area contributed by atoms with E-state index in [-0.39, 0.29) is 0 Å². The predicted octanol–water partition coefficient (Wildman–Crippen LogP) is 2.54. The first-order valence-corrected chi connectivity index (χ1v) is 7.53. The van der Waals surface area contributed by atoms with E-state index in [0.29, 0.717) is 12.0 Å². The van der Waals surface area contributed by atoms with Gasteiger partial charge in [0.05, 0.1) is 0 Å². The van der Waals surface area contributed by atoms with Gasteiger partial charge in [0.2, 0.25) is 0 Å². The molecule has 112 valence electrons. The number of nitrogens with one attached hydrogen (secondary N) is 2. The van der Waals surface area contributed by atoms with Gasteiger partial charge in [0.25, 0.3) is 0 Å². The van der Waals surface area contributed by atoms with E-state index >= 15 is 0 Å². The average Bonchev–Trinajstić information content (AvgIpc) is 3.27. The molecule has 1 aromatic rings. The van der Waals surface area contributed by atoms with Crippen molar-refractivity contribution in [1.29, 1.82) is 0 Å². The van der Waals surface area contributed by atoms with E-state index in [1.165, 1.54) is 12.8 Å². The summed E-state index contributed by atoms with van der Waals surface area (Å²) in [6.07, 6.45) is 4.31. The van der Waals surface area contributed by atoms with Crippen molar-refractivity contribution in [3.05, 3.63) is 11.9 Å². The van der Waals surface area contributed by atoms with Crippen LogP contribution >= 0.6 is 0 Å². The molecule has 2 N–H and O–H groups in total. The quantitative estimate of drug-likeness (QED) is 0.802. The van der Waals surface area contributed by atoms with Gasteiger partial charge in [-0.3, -0.25) is 4.90 Å². The summed E-state index contributed by atoms with van der Waals surface area (Å²) in [6, 6.07) is 1.30. The Morgan fingerprint density at radius 2 is 1.90 bits per heavy atom. The van der Waals surface area contributed by atoms with Crippen molar-refractivity contribution in [3.63, 3.8) is 0 Å². The molecule has 1 aliphatic rings. The van der Waals surface area contributed by atoms with E-state index in [4.69, 9.17) is 0 Å². The molecular weight excluding hydrogens is 250 g/mol. The third kappa shape index (κ3) is 3.39. The lowest BCUT2D eigenvalue weighted by atomic mass is 10.0. The van der Waals surface area contributed by atoms with Crippen LogP contribution in [-0.4, -0.2) is 47.6 Å². The minimum Gasteiger partial charge on any atom is -0.373 e. The van der Waals surface area contributed by atoms with Crippen molar-refractivity contribution in [2.45, 2.75) is 51.6 Å². The van der Waals surface area contributed by atoms with Crippen LogP contribution in [0.1, 0.15) is 45.1 Å². The predicted molar refractivity (Wildman–Crippen MR) is 84.4 cm³/mol. The highest BCUT2D eigenvalue weighted by Crippen LogP contribution is 2.29. The molecule has 0 aromatic carbocycles.